The number of nitrogens with one attached hydrogen (secondary N) is 1. The highest BCUT2D eigenvalue weighted by molar-refractivity contribution is 5.68. The van der Waals surface area contributed by atoms with E-state index in [-0.39, 0.29) is 11.9 Å². The molecule has 0 bridgehead atoms. The van der Waals surface area contributed by atoms with E-state index < -0.39 is 0 Å². The number of halogens is 1. The van der Waals surface area contributed by atoms with Crippen LogP contribution in [-0.2, 0) is 11.2 Å². The molecule has 1 aliphatic heterocycles. The number of nitrogens with zero attached hydrogens (tertiary/aromatic N) is 4. The molecule has 150 valence electrons. The van der Waals surface area contributed by atoms with E-state index in [2.05, 4.69) is 20.2 Å². The number of aryl methyl sites for hydroxylation is 1. The first-order valence-corrected chi connectivity index (χ1v) is 9.56. The molecule has 0 saturated carbocycles. The Bertz CT molecular complexity index is 792. The van der Waals surface area contributed by atoms with Gasteiger partial charge in [0.1, 0.15) is 23.3 Å². The highest BCUT2D eigenvalue weighted by Crippen LogP contribution is 2.18. The lowest BCUT2D eigenvalue weighted by molar-refractivity contribution is 0.105. The topological polar surface area (TPSA) is 70.6 Å². The average Bonchev–Trinajstić information content (AvgIpc) is 2.69. The van der Waals surface area contributed by atoms with Gasteiger partial charge >= 0.3 is 6.09 Å². The summed E-state index contributed by atoms with van der Waals surface area (Å²) in [7, 11) is 0. The van der Waals surface area contributed by atoms with Crippen molar-refractivity contribution in [3.63, 3.8) is 0 Å². The number of aromatic nitrogens is 2. The number of ether oxygens (including phenoxy) is 1. The van der Waals surface area contributed by atoms with Crippen LogP contribution in [0.1, 0.15) is 18.3 Å². The molecule has 0 aliphatic carbocycles. The fourth-order valence-electron chi connectivity index (χ4n) is 3.12. The second-order valence-electron chi connectivity index (χ2n) is 6.63. The molecule has 3 rings (SSSR count). The molecule has 0 spiro atoms. The quantitative estimate of drug-likeness (QED) is 0.822. The van der Waals surface area contributed by atoms with Crippen molar-refractivity contribution in [3.05, 3.63) is 47.5 Å². The Hall–Kier alpha value is -2.90. The van der Waals surface area contributed by atoms with Crippen molar-refractivity contribution in [1.29, 1.82) is 0 Å². The average molecular weight is 387 g/mol. The van der Waals surface area contributed by atoms with Gasteiger partial charge in [-0.3, -0.25) is 0 Å². The van der Waals surface area contributed by atoms with E-state index in [1.165, 1.54) is 12.1 Å². The molecule has 8 heteroatoms. The second kappa shape index (κ2) is 9.34. The zero-order valence-electron chi connectivity index (χ0n) is 16.3. The number of amides is 1. The Morgan fingerprint density at radius 2 is 1.89 bits per heavy atom. The Balaban J connectivity index is 1.56. The van der Waals surface area contributed by atoms with Gasteiger partial charge in [0.15, 0.2) is 0 Å². The molecule has 2 heterocycles. The van der Waals surface area contributed by atoms with Gasteiger partial charge in [-0.15, -0.1) is 0 Å². The van der Waals surface area contributed by atoms with Gasteiger partial charge in [-0.1, -0.05) is 12.1 Å². The lowest BCUT2D eigenvalue weighted by Crippen LogP contribution is -2.49. The minimum Gasteiger partial charge on any atom is -0.450 e. The summed E-state index contributed by atoms with van der Waals surface area (Å²) < 4.78 is 18.0. The molecular weight excluding hydrogens is 361 g/mol. The van der Waals surface area contributed by atoms with Crippen molar-refractivity contribution in [2.24, 2.45) is 0 Å². The van der Waals surface area contributed by atoms with E-state index in [1.807, 2.05) is 19.9 Å². The maximum atomic E-state index is 13.0. The zero-order chi connectivity index (χ0) is 19.9. The van der Waals surface area contributed by atoms with E-state index in [9.17, 15) is 9.18 Å². The summed E-state index contributed by atoms with van der Waals surface area (Å²) in [5, 5.41) is 3.32. The van der Waals surface area contributed by atoms with Crippen molar-refractivity contribution in [1.82, 2.24) is 14.9 Å². The molecule has 7 nitrogen and oxygen atoms in total. The van der Waals surface area contributed by atoms with Crippen molar-refractivity contribution in [2.45, 2.75) is 20.3 Å². The van der Waals surface area contributed by atoms with Crippen LogP contribution >= 0.6 is 0 Å². The summed E-state index contributed by atoms with van der Waals surface area (Å²) in [5.74, 6) is 2.07. The molecule has 1 fully saturated rings. The summed E-state index contributed by atoms with van der Waals surface area (Å²) in [4.78, 5) is 24.7. The third-order valence-electron chi connectivity index (χ3n) is 4.59. The van der Waals surface area contributed by atoms with Crippen molar-refractivity contribution in [2.75, 3.05) is 49.5 Å². The number of carbonyl (C=O) groups is 1. The fraction of sp³-hybridized carbons (Fsp3) is 0.450. The van der Waals surface area contributed by atoms with Crippen LogP contribution in [0.3, 0.4) is 0 Å². The number of piperazine rings is 1. The van der Waals surface area contributed by atoms with E-state index in [4.69, 9.17) is 4.74 Å². The summed E-state index contributed by atoms with van der Waals surface area (Å²) in [6.07, 6.45) is 0.515. The molecule has 1 aromatic heterocycles. The van der Waals surface area contributed by atoms with Gasteiger partial charge < -0.3 is 19.9 Å². The second-order valence-corrected chi connectivity index (χ2v) is 6.63. The van der Waals surface area contributed by atoms with Gasteiger partial charge in [-0.05, 0) is 38.0 Å². The third-order valence-corrected chi connectivity index (χ3v) is 4.59. The summed E-state index contributed by atoms with van der Waals surface area (Å²) in [6.45, 7) is 7.36. The van der Waals surface area contributed by atoms with E-state index in [0.29, 0.717) is 45.2 Å². The van der Waals surface area contributed by atoms with Gasteiger partial charge in [0.25, 0.3) is 0 Å². The lowest BCUT2D eigenvalue weighted by Gasteiger charge is -2.34. The highest BCUT2D eigenvalue weighted by Gasteiger charge is 2.23. The van der Waals surface area contributed by atoms with Gasteiger partial charge in [0.2, 0.25) is 0 Å². The van der Waals surface area contributed by atoms with Crippen LogP contribution in [0, 0.1) is 12.7 Å². The smallest absolute Gasteiger partial charge is 0.409 e. The predicted octanol–water partition coefficient (Wildman–Crippen LogP) is 2.86. The van der Waals surface area contributed by atoms with Crippen LogP contribution in [0.25, 0.3) is 0 Å². The molecule has 0 atom stereocenters. The molecule has 0 radical (unpaired) electrons. The minimum absolute atomic E-state index is 0.226. The molecule has 28 heavy (non-hydrogen) atoms. The van der Waals surface area contributed by atoms with Gasteiger partial charge in [0.05, 0.1) is 6.61 Å². The molecule has 2 aromatic rings. The SMILES string of the molecule is CCOC(=O)N1CCN(c2cc(NCCc3ccc(F)cc3)nc(C)n2)CC1. The fourth-order valence-corrected chi connectivity index (χ4v) is 3.12. The van der Waals surface area contributed by atoms with E-state index in [0.717, 1.165) is 23.6 Å². The van der Waals surface area contributed by atoms with Gasteiger partial charge in [-0.25, -0.2) is 19.2 Å². The number of rotatable bonds is 6. The maximum Gasteiger partial charge on any atom is 0.409 e. The van der Waals surface area contributed by atoms with Crippen LogP contribution in [0.2, 0.25) is 0 Å². The first-order valence-electron chi connectivity index (χ1n) is 9.56. The Morgan fingerprint density at radius 1 is 1.18 bits per heavy atom. The summed E-state index contributed by atoms with van der Waals surface area (Å²) in [6, 6.07) is 8.45. The molecule has 1 aromatic carbocycles. The Morgan fingerprint density at radius 3 is 2.57 bits per heavy atom. The zero-order valence-corrected chi connectivity index (χ0v) is 16.3. The maximum absolute atomic E-state index is 13.0. The molecular formula is C20H26FN5O2. The van der Waals surface area contributed by atoms with Gasteiger partial charge in [0, 0.05) is 38.8 Å². The number of hydrogen-bond acceptors (Lipinski definition) is 6. The van der Waals surface area contributed by atoms with E-state index >= 15 is 0 Å². The predicted molar refractivity (Wildman–Crippen MR) is 106 cm³/mol. The summed E-state index contributed by atoms with van der Waals surface area (Å²) in [5.41, 5.74) is 1.06. The van der Waals surface area contributed by atoms with Crippen molar-refractivity contribution >= 4 is 17.7 Å². The van der Waals surface area contributed by atoms with Crippen molar-refractivity contribution < 1.29 is 13.9 Å². The van der Waals surface area contributed by atoms with Crippen LogP contribution in [-0.4, -0.2) is 60.3 Å². The molecule has 1 saturated heterocycles. The van der Waals surface area contributed by atoms with E-state index in [1.54, 1.807) is 17.0 Å². The molecule has 1 amide bonds. The van der Waals surface area contributed by atoms with Crippen LogP contribution in [0.15, 0.2) is 30.3 Å². The largest absolute Gasteiger partial charge is 0.450 e. The third kappa shape index (κ3) is 5.31. The van der Waals surface area contributed by atoms with Crippen LogP contribution < -0.4 is 10.2 Å². The van der Waals surface area contributed by atoms with Crippen LogP contribution in [0.4, 0.5) is 20.8 Å². The number of carbonyl (C=O) groups excluding carboxylic acids is 1. The minimum atomic E-state index is -0.260. The molecule has 0 unspecified atom stereocenters. The number of benzene rings is 1. The molecule has 1 N–H and O–H groups in total. The highest BCUT2D eigenvalue weighted by atomic mass is 19.1. The standard InChI is InChI=1S/C20H26FN5O2/c1-3-28-20(27)26-12-10-25(11-13-26)19-14-18(23-15(2)24-19)22-9-8-16-4-6-17(21)7-5-16/h4-7,14H,3,8-13H2,1-2H3,(H,22,23,24). The molecule has 1 aliphatic rings. The Kier molecular flexibility index (Phi) is 6.62. The van der Waals surface area contributed by atoms with Crippen molar-refractivity contribution in [3.8, 4) is 0 Å². The first kappa shape index (κ1) is 19.9. The van der Waals surface area contributed by atoms with Crippen LogP contribution in [0.5, 0.6) is 0 Å². The summed E-state index contributed by atoms with van der Waals surface area (Å²) >= 11 is 0. The number of hydrogen-bond donors (Lipinski definition) is 1. The normalized spacial score (nSPS) is 14.1. The Labute approximate surface area is 164 Å². The number of anilines is 2. The first-order chi connectivity index (χ1) is 13.5. The monoisotopic (exact) mass is 387 g/mol. The lowest BCUT2D eigenvalue weighted by atomic mass is 10.1. The van der Waals surface area contributed by atoms with Gasteiger partial charge in [-0.2, -0.15) is 0 Å².